The van der Waals surface area contributed by atoms with Gasteiger partial charge in [0, 0.05) is 4.47 Å². The third-order valence-electron chi connectivity index (χ3n) is 2.12. The Morgan fingerprint density at radius 3 is 2.62 bits per heavy atom. The van der Waals surface area contributed by atoms with Crippen molar-refractivity contribution in [1.82, 2.24) is 0 Å². The Labute approximate surface area is 88.5 Å². The molecule has 0 saturated carbocycles. The molecule has 2 heteroatoms. The standard InChI is InChI=1S/C11H16BrN/c1-8-6-9(2)11(12)10(7-8)4-3-5-13/h6-7H,3-5,13H2,1-2H3. The summed E-state index contributed by atoms with van der Waals surface area (Å²) >= 11 is 3.60. The summed E-state index contributed by atoms with van der Waals surface area (Å²) in [6, 6.07) is 4.42. The van der Waals surface area contributed by atoms with Gasteiger partial charge >= 0.3 is 0 Å². The molecule has 0 saturated heterocycles. The molecule has 0 aliphatic heterocycles. The van der Waals surface area contributed by atoms with Crippen molar-refractivity contribution in [2.75, 3.05) is 6.54 Å². The Kier molecular flexibility index (Phi) is 3.94. The first kappa shape index (κ1) is 10.7. The first-order chi connectivity index (χ1) is 6.15. The van der Waals surface area contributed by atoms with Crippen LogP contribution in [0.3, 0.4) is 0 Å². The first-order valence-corrected chi connectivity index (χ1v) is 5.40. The number of hydrogen-bond acceptors (Lipinski definition) is 1. The fraction of sp³-hybridized carbons (Fsp3) is 0.455. The summed E-state index contributed by atoms with van der Waals surface area (Å²) in [5, 5.41) is 0. The van der Waals surface area contributed by atoms with Crippen molar-refractivity contribution in [2.24, 2.45) is 5.73 Å². The molecule has 0 aromatic heterocycles. The predicted molar refractivity (Wildman–Crippen MR) is 61.0 cm³/mol. The summed E-state index contributed by atoms with van der Waals surface area (Å²) in [5.74, 6) is 0. The summed E-state index contributed by atoms with van der Waals surface area (Å²) in [4.78, 5) is 0. The second-order valence-corrected chi connectivity index (χ2v) is 4.24. The minimum atomic E-state index is 0.763. The maximum atomic E-state index is 5.49. The highest BCUT2D eigenvalue weighted by Gasteiger charge is 2.03. The average Bonchev–Trinajstić information content (AvgIpc) is 2.09. The molecule has 1 nitrogen and oxygen atoms in total. The van der Waals surface area contributed by atoms with Gasteiger partial charge in [-0.15, -0.1) is 0 Å². The number of nitrogens with two attached hydrogens (primary N) is 1. The predicted octanol–water partition coefficient (Wildman–Crippen LogP) is 2.96. The molecule has 0 unspecified atom stereocenters. The quantitative estimate of drug-likeness (QED) is 0.866. The van der Waals surface area contributed by atoms with Gasteiger partial charge in [0.15, 0.2) is 0 Å². The molecule has 0 bridgehead atoms. The summed E-state index contributed by atoms with van der Waals surface area (Å²) in [7, 11) is 0. The van der Waals surface area contributed by atoms with Crippen LogP contribution in [0.1, 0.15) is 23.1 Å². The van der Waals surface area contributed by atoms with E-state index in [9.17, 15) is 0 Å². The molecule has 72 valence electrons. The van der Waals surface area contributed by atoms with Crippen molar-refractivity contribution in [2.45, 2.75) is 26.7 Å². The van der Waals surface area contributed by atoms with E-state index in [1.807, 2.05) is 0 Å². The van der Waals surface area contributed by atoms with Crippen molar-refractivity contribution >= 4 is 15.9 Å². The van der Waals surface area contributed by atoms with Gasteiger partial charge in [-0.05, 0) is 44.4 Å². The van der Waals surface area contributed by atoms with Crippen LogP contribution in [-0.2, 0) is 6.42 Å². The number of aryl methyl sites for hydroxylation is 3. The lowest BCUT2D eigenvalue weighted by Gasteiger charge is -2.08. The summed E-state index contributed by atoms with van der Waals surface area (Å²) in [6.07, 6.45) is 2.13. The second kappa shape index (κ2) is 4.77. The zero-order valence-corrected chi connectivity index (χ0v) is 9.82. The van der Waals surface area contributed by atoms with Gasteiger partial charge < -0.3 is 5.73 Å². The molecular weight excluding hydrogens is 226 g/mol. The van der Waals surface area contributed by atoms with E-state index < -0.39 is 0 Å². The minimum absolute atomic E-state index is 0.763. The molecule has 0 amide bonds. The van der Waals surface area contributed by atoms with Crippen LogP contribution in [0.15, 0.2) is 16.6 Å². The molecular formula is C11H16BrN. The third-order valence-corrected chi connectivity index (χ3v) is 3.26. The topological polar surface area (TPSA) is 26.0 Å². The van der Waals surface area contributed by atoms with Gasteiger partial charge in [-0.1, -0.05) is 33.6 Å². The normalized spacial score (nSPS) is 10.5. The van der Waals surface area contributed by atoms with E-state index in [-0.39, 0.29) is 0 Å². The Morgan fingerprint density at radius 1 is 1.31 bits per heavy atom. The van der Waals surface area contributed by atoms with Crippen LogP contribution in [0.25, 0.3) is 0 Å². The molecule has 0 aliphatic carbocycles. The van der Waals surface area contributed by atoms with Crippen molar-refractivity contribution in [3.63, 3.8) is 0 Å². The fourth-order valence-electron chi connectivity index (χ4n) is 1.51. The zero-order valence-electron chi connectivity index (χ0n) is 8.23. The van der Waals surface area contributed by atoms with Crippen molar-refractivity contribution in [3.05, 3.63) is 33.3 Å². The number of benzene rings is 1. The Morgan fingerprint density at radius 2 is 2.00 bits per heavy atom. The molecule has 1 aromatic carbocycles. The minimum Gasteiger partial charge on any atom is -0.330 e. The lowest BCUT2D eigenvalue weighted by molar-refractivity contribution is 0.828. The molecule has 0 atom stereocenters. The van der Waals surface area contributed by atoms with E-state index in [0.717, 1.165) is 19.4 Å². The van der Waals surface area contributed by atoms with E-state index in [2.05, 4.69) is 41.9 Å². The monoisotopic (exact) mass is 241 g/mol. The number of halogens is 1. The largest absolute Gasteiger partial charge is 0.330 e. The smallest absolute Gasteiger partial charge is 0.0236 e. The van der Waals surface area contributed by atoms with Gasteiger partial charge in [0.1, 0.15) is 0 Å². The molecule has 0 spiro atoms. The Hall–Kier alpha value is -0.340. The molecule has 1 aromatic rings. The molecule has 0 heterocycles. The second-order valence-electron chi connectivity index (χ2n) is 3.45. The van der Waals surface area contributed by atoms with E-state index in [0.29, 0.717) is 0 Å². The fourth-order valence-corrected chi connectivity index (χ4v) is 1.94. The van der Waals surface area contributed by atoms with Gasteiger partial charge in [0.2, 0.25) is 0 Å². The number of hydrogen-bond donors (Lipinski definition) is 1. The van der Waals surface area contributed by atoms with Gasteiger partial charge in [-0.2, -0.15) is 0 Å². The molecule has 2 N–H and O–H groups in total. The molecule has 0 fully saturated rings. The first-order valence-electron chi connectivity index (χ1n) is 4.61. The van der Waals surface area contributed by atoms with E-state index >= 15 is 0 Å². The van der Waals surface area contributed by atoms with Crippen LogP contribution in [-0.4, -0.2) is 6.54 Å². The number of rotatable bonds is 3. The highest BCUT2D eigenvalue weighted by Crippen LogP contribution is 2.23. The maximum absolute atomic E-state index is 5.49. The highest BCUT2D eigenvalue weighted by molar-refractivity contribution is 9.10. The van der Waals surface area contributed by atoms with E-state index in [1.54, 1.807) is 0 Å². The molecule has 13 heavy (non-hydrogen) atoms. The van der Waals surface area contributed by atoms with Gasteiger partial charge in [0.25, 0.3) is 0 Å². The maximum Gasteiger partial charge on any atom is 0.0236 e. The van der Waals surface area contributed by atoms with E-state index in [1.165, 1.54) is 21.2 Å². The van der Waals surface area contributed by atoms with Gasteiger partial charge in [-0.25, -0.2) is 0 Å². The molecule has 0 aliphatic rings. The van der Waals surface area contributed by atoms with E-state index in [4.69, 9.17) is 5.73 Å². The van der Waals surface area contributed by atoms with Crippen molar-refractivity contribution < 1.29 is 0 Å². The summed E-state index contributed by atoms with van der Waals surface area (Å²) < 4.78 is 1.24. The van der Waals surface area contributed by atoms with Crippen LogP contribution < -0.4 is 5.73 Å². The van der Waals surface area contributed by atoms with Gasteiger partial charge in [-0.3, -0.25) is 0 Å². The molecule has 1 rings (SSSR count). The van der Waals surface area contributed by atoms with Crippen molar-refractivity contribution in [1.29, 1.82) is 0 Å². The van der Waals surface area contributed by atoms with Gasteiger partial charge in [0.05, 0.1) is 0 Å². The summed E-state index contributed by atoms with van der Waals surface area (Å²) in [5.41, 5.74) is 9.50. The highest BCUT2D eigenvalue weighted by atomic mass is 79.9. The SMILES string of the molecule is Cc1cc(C)c(Br)c(CCCN)c1. The average molecular weight is 242 g/mol. The third kappa shape index (κ3) is 2.82. The van der Waals surface area contributed by atoms with Crippen LogP contribution >= 0.6 is 15.9 Å². The van der Waals surface area contributed by atoms with Crippen LogP contribution in [0.2, 0.25) is 0 Å². The Balaban J connectivity index is 2.92. The van der Waals surface area contributed by atoms with Crippen LogP contribution in [0.4, 0.5) is 0 Å². The van der Waals surface area contributed by atoms with Crippen molar-refractivity contribution in [3.8, 4) is 0 Å². The summed E-state index contributed by atoms with van der Waals surface area (Å²) in [6.45, 7) is 5.02. The van der Waals surface area contributed by atoms with Crippen LogP contribution in [0.5, 0.6) is 0 Å². The molecule has 0 radical (unpaired) electrons. The van der Waals surface area contributed by atoms with Crippen LogP contribution in [0, 0.1) is 13.8 Å². The lowest BCUT2D eigenvalue weighted by atomic mass is 10.0. The Bertz CT molecular complexity index is 294. The lowest BCUT2D eigenvalue weighted by Crippen LogP contribution is -2.01. The zero-order chi connectivity index (χ0) is 9.84.